The maximum absolute atomic E-state index is 12.4. The Morgan fingerprint density at radius 3 is 2.85 bits per heavy atom. The largest absolute Gasteiger partial charge is 0.455 e. The van der Waals surface area contributed by atoms with Crippen molar-refractivity contribution >= 4 is 23.2 Å². The number of anilines is 1. The van der Waals surface area contributed by atoms with Crippen molar-refractivity contribution in [3.63, 3.8) is 0 Å². The van der Waals surface area contributed by atoms with E-state index in [0.717, 1.165) is 31.0 Å². The summed E-state index contributed by atoms with van der Waals surface area (Å²) in [5.41, 5.74) is 1.67. The molecule has 0 spiro atoms. The molecule has 1 aliphatic heterocycles. The lowest BCUT2D eigenvalue weighted by atomic mass is 10.2. The summed E-state index contributed by atoms with van der Waals surface area (Å²) in [4.78, 5) is 14.7. The molecular formula is C20H21ClN4O2. The Labute approximate surface area is 162 Å². The average molecular weight is 385 g/mol. The molecule has 2 aromatic heterocycles. The molecule has 4 rings (SSSR count). The molecule has 1 aliphatic rings. The van der Waals surface area contributed by atoms with Crippen molar-refractivity contribution in [1.82, 2.24) is 14.7 Å². The molecule has 1 saturated heterocycles. The van der Waals surface area contributed by atoms with E-state index >= 15 is 0 Å². The lowest BCUT2D eigenvalue weighted by Crippen LogP contribution is -2.17. The van der Waals surface area contributed by atoms with Gasteiger partial charge in [-0.3, -0.25) is 14.4 Å². The van der Waals surface area contributed by atoms with Gasteiger partial charge in [0.25, 0.3) is 5.91 Å². The molecule has 1 fully saturated rings. The van der Waals surface area contributed by atoms with E-state index in [2.05, 4.69) is 15.3 Å². The van der Waals surface area contributed by atoms with Gasteiger partial charge in [-0.25, -0.2) is 0 Å². The standard InChI is InChI=1S/C20H21ClN4O2/c21-16-5-3-4-15(10-16)12-25-13-17(11-22-25)23-20(26)19-7-6-18(27-19)14-24-8-1-2-9-24/h3-7,10-11,13H,1-2,8-9,12,14H2,(H,23,26). The van der Waals surface area contributed by atoms with Crippen LogP contribution in [0.2, 0.25) is 5.02 Å². The smallest absolute Gasteiger partial charge is 0.291 e. The number of nitrogens with one attached hydrogen (secondary N) is 1. The summed E-state index contributed by atoms with van der Waals surface area (Å²) in [6.45, 7) is 3.52. The highest BCUT2D eigenvalue weighted by Gasteiger charge is 2.16. The third-order valence-electron chi connectivity index (χ3n) is 4.59. The Bertz CT molecular complexity index is 927. The zero-order valence-electron chi connectivity index (χ0n) is 14.9. The normalized spacial score (nSPS) is 14.6. The summed E-state index contributed by atoms with van der Waals surface area (Å²) in [7, 11) is 0. The molecule has 3 heterocycles. The summed E-state index contributed by atoms with van der Waals surface area (Å²) < 4.78 is 7.45. The van der Waals surface area contributed by atoms with Gasteiger partial charge in [-0.2, -0.15) is 5.10 Å². The van der Waals surface area contributed by atoms with Crippen LogP contribution in [-0.4, -0.2) is 33.7 Å². The van der Waals surface area contributed by atoms with E-state index in [-0.39, 0.29) is 5.91 Å². The topological polar surface area (TPSA) is 63.3 Å². The molecule has 0 bridgehead atoms. The molecule has 1 aromatic carbocycles. The van der Waals surface area contributed by atoms with E-state index < -0.39 is 0 Å². The van der Waals surface area contributed by atoms with Crippen molar-refractivity contribution < 1.29 is 9.21 Å². The van der Waals surface area contributed by atoms with Gasteiger partial charge in [-0.15, -0.1) is 0 Å². The van der Waals surface area contributed by atoms with E-state index in [0.29, 0.717) is 23.0 Å². The van der Waals surface area contributed by atoms with Crippen LogP contribution in [0.15, 0.2) is 53.2 Å². The molecule has 3 aromatic rings. The summed E-state index contributed by atoms with van der Waals surface area (Å²) in [6.07, 6.45) is 5.86. The van der Waals surface area contributed by atoms with Crippen molar-refractivity contribution in [2.75, 3.05) is 18.4 Å². The van der Waals surface area contributed by atoms with Crippen molar-refractivity contribution in [3.05, 3.63) is 70.9 Å². The Balaban J connectivity index is 1.35. The van der Waals surface area contributed by atoms with Gasteiger partial charge in [-0.1, -0.05) is 23.7 Å². The number of amides is 1. The number of aromatic nitrogens is 2. The Kier molecular flexibility index (Phi) is 5.27. The van der Waals surface area contributed by atoms with Gasteiger partial charge in [0.1, 0.15) is 5.76 Å². The molecular weight excluding hydrogens is 364 g/mol. The van der Waals surface area contributed by atoms with Crippen LogP contribution < -0.4 is 5.32 Å². The maximum Gasteiger partial charge on any atom is 0.291 e. The molecule has 1 N–H and O–H groups in total. The molecule has 7 heteroatoms. The van der Waals surface area contributed by atoms with Crippen LogP contribution >= 0.6 is 11.6 Å². The van der Waals surface area contributed by atoms with Crippen molar-refractivity contribution in [2.45, 2.75) is 25.9 Å². The number of benzene rings is 1. The van der Waals surface area contributed by atoms with E-state index in [1.165, 1.54) is 12.8 Å². The SMILES string of the molecule is O=C(Nc1cnn(Cc2cccc(Cl)c2)c1)c1ccc(CN2CCCC2)o1. The zero-order valence-corrected chi connectivity index (χ0v) is 15.7. The van der Waals surface area contributed by atoms with Gasteiger partial charge >= 0.3 is 0 Å². The predicted octanol–water partition coefficient (Wildman–Crippen LogP) is 4.03. The number of carbonyl (C=O) groups is 1. The summed E-state index contributed by atoms with van der Waals surface area (Å²) in [5.74, 6) is 0.857. The number of hydrogen-bond donors (Lipinski definition) is 1. The number of hydrogen-bond acceptors (Lipinski definition) is 4. The third-order valence-corrected chi connectivity index (χ3v) is 4.82. The van der Waals surface area contributed by atoms with Crippen LogP contribution in [0, 0.1) is 0 Å². The van der Waals surface area contributed by atoms with E-state index in [1.807, 2.05) is 30.3 Å². The fraction of sp³-hybridized carbons (Fsp3) is 0.300. The second-order valence-corrected chi connectivity index (χ2v) is 7.20. The Hall–Kier alpha value is -2.57. The molecule has 0 atom stereocenters. The first-order valence-electron chi connectivity index (χ1n) is 9.05. The van der Waals surface area contributed by atoms with Crippen molar-refractivity contribution in [3.8, 4) is 0 Å². The van der Waals surface area contributed by atoms with Crippen LogP contribution in [0.3, 0.4) is 0 Å². The highest BCUT2D eigenvalue weighted by molar-refractivity contribution is 6.30. The molecule has 27 heavy (non-hydrogen) atoms. The highest BCUT2D eigenvalue weighted by Crippen LogP contribution is 2.17. The monoisotopic (exact) mass is 384 g/mol. The first-order valence-corrected chi connectivity index (χ1v) is 9.43. The zero-order chi connectivity index (χ0) is 18.6. The fourth-order valence-electron chi connectivity index (χ4n) is 3.28. The highest BCUT2D eigenvalue weighted by atomic mass is 35.5. The molecule has 0 saturated carbocycles. The van der Waals surface area contributed by atoms with E-state index in [4.69, 9.17) is 16.0 Å². The second kappa shape index (κ2) is 7.98. The Morgan fingerprint density at radius 1 is 1.19 bits per heavy atom. The van der Waals surface area contributed by atoms with Gasteiger partial charge < -0.3 is 9.73 Å². The molecule has 0 aliphatic carbocycles. The number of furan rings is 1. The van der Waals surface area contributed by atoms with Gasteiger partial charge in [-0.05, 0) is 55.8 Å². The van der Waals surface area contributed by atoms with Crippen LogP contribution in [0.4, 0.5) is 5.69 Å². The van der Waals surface area contributed by atoms with E-state index in [9.17, 15) is 4.79 Å². The number of rotatable bonds is 6. The average Bonchev–Trinajstić information content (AvgIpc) is 3.38. The Morgan fingerprint density at radius 2 is 2.04 bits per heavy atom. The molecule has 0 radical (unpaired) electrons. The minimum atomic E-state index is -0.273. The molecule has 6 nitrogen and oxygen atoms in total. The van der Waals surface area contributed by atoms with Crippen LogP contribution in [-0.2, 0) is 13.1 Å². The van der Waals surface area contributed by atoms with Crippen LogP contribution in [0.5, 0.6) is 0 Å². The van der Waals surface area contributed by atoms with Crippen molar-refractivity contribution in [1.29, 1.82) is 0 Å². The number of carbonyl (C=O) groups excluding carboxylic acids is 1. The lowest BCUT2D eigenvalue weighted by Gasteiger charge is -2.11. The first-order chi connectivity index (χ1) is 13.2. The van der Waals surface area contributed by atoms with Gasteiger partial charge in [0.15, 0.2) is 5.76 Å². The maximum atomic E-state index is 12.4. The summed E-state index contributed by atoms with van der Waals surface area (Å²) in [5, 5.41) is 7.80. The minimum Gasteiger partial charge on any atom is -0.455 e. The number of likely N-dealkylation sites (tertiary alicyclic amines) is 1. The first kappa shape index (κ1) is 17.8. The quantitative estimate of drug-likeness (QED) is 0.697. The number of nitrogens with zero attached hydrogens (tertiary/aromatic N) is 3. The van der Waals surface area contributed by atoms with E-state index in [1.54, 1.807) is 23.1 Å². The summed E-state index contributed by atoms with van der Waals surface area (Å²) >= 11 is 6.01. The van der Waals surface area contributed by atoms with Gasteiger partial charge in [0.2, 0.25) is 0 Å². The lowest BCUT2D eigenvalue weighted by molar-refractivity contribution is 0.0993. The van der Waals surface area contributed by atoms with Gasteiger partial charge in [0.05, 0.1) is 25.0 Å². The number of halogens is 1. The molecule has 0 unspecified atom stereocenters. The molecule has 1 amide bonds. The van der Waals surface area contributed by atoms with Crippen LogP contribution in [0.1, 0.15) is 34.7 Å². The van der Waals surface area contributed by atoms with Crippen molar-refractivity contribution in [2.24, 2.45) is 0 Å². The second-order valence-electron chi connectivity index (χ2n) is 6.76. The molecule has 140 valence electrons. The fourth-order valence-corrected chi connectivity index (χ4v) is 3.49. The minimum absolute atomic E-state index is 0.273. The third kappa shape index (κ3) is 4.59. The predicted molar refractivity (Wildman–Crippen MR) is 104 cm³/mol. The van der Waals surface area contributed by atoms with Crippen LogP contribution in [0.25, 0.3) is 0 Å². The summed E-state index contributed by atoms with van der Waals surface area (Å²) in [6, 6.07) is 11.2. The van der Waals surface area contributed by atoms with Gasteiger partial charge in [0, 0.05) is 11.2 Å².